The molecular formula is C42H83N2O6P. The van der Waals surface area contributed by atoms with Crippen molar-refractivity contribution >= 4 is 13.7 Å². The van der Waals surface area contributed by atoms with E-state index in [1.165, 1.54) is 116 Å². The first-order valence-corrected chi connectivity index (χ1v) is 22.7. The van der Waals surface area contributed by atoms with E-state index in [0.717, 1.165) is 51.4 Å². The van der Waals surface area contributed by atoms with Gasteiger partial charge in [0.05, 0.1) is 39.9 Å². The molecule has 0 aliphatic carbocycles. The van der Waals surface area contributed by atoms with Crippen LogP contribution in [0.2, 0.25) is 0 Å². The number of hydrogen-bond acceptors (Lipinski definition) is 6. The molecule has 9 heteroatoms. The topological polar surface area (TPSA) is 108 Å². The smallest absolute Gasteiger partial charge is 0.268 e. The summed E-state index contributed by atoms with van der Waals surface area (Å²) in [5.41, 5.74) is 0. The molecule has 2 N–H and O–H groups in total. The second kappa shape index (κ2) is 34.7. The van der Waals surface area contributed by atoms with Crippen LogP contribution in [-0.4, -0.2) is 68.5 Å². The number of allylic oxidation sites excluding steroid dienone is 3. The van der Waals surface area contributed by atoms with Gasteiger partial charge in [-0.15, -0.1) is 0 Å². The van der Waals surface area contributed by atoms with Crippen LogP contribution in [0.5, 0.6) is 0 Å². The minimum Gasteiger partial charge on any atom is -0.756 e. The van der Waals surface area contributed by atoms with Gasteiger partial charge in [-0.2, -0.15) is 0 Å². The van der Waals surface area contributed by atoms with E-state index in [-0.39, 0.29) is 19.1 Å². The minimum absolute atomic E-state index is 0.00173. The SMILES string of the molecule is CCCCC/C=C\CCCCCCCC(=O)NC(COP(=O)([O-])OCC[N+](C)(C)C)C(O)/C=C/CCCCCCCCCCCCCCCCC. The number of carbonyl (C=O) groups is 1. The van der Waals surface area contributed by atoms with Crippen molar-refractivity contribution in [2.75, 3.05) is 40.9 Å². The Hall–Kier alpha value is -1.02. The maximum Gasteiger partial charge on any atom is 0.268 e. The molecule has 0 aliphatic rings. The Kier molecular flexibility index (Phi) is 34.0. The zero-order chi connectivity index (χ0) is 37.9. The Bertz CT molecular complexity index is 891. The molecule has 0 radical (unpaired) electrons. The number of phosphoric acid groups is 1. The van der Waals surface area contributed by atoms with Crippen LogP contribution >= 0.6 is 7.82 Å². The standard InChI is InChI=1S/C42H83N2O6P/c1-6-8-10-12-14-16-18-20-21-22-23-24-25-27-29-31-33-35-41(45)40(39-50-51(47,48)49-38-37-44(3,4)5)43-42(46)36-34-32-30-28-26-19-17-15-13-11-9-7-2/h15,17,33,35,40-41,45H,6-14,16,18-32,34,36-39H2,1-5H3,(H-,43,46,47,48)/b17-15-,35-33+. The van der Waals surface area contributed by atoms with Gasteiger partial charge in [-0.05, 0) is 44.9 Å². The van der Waals surface area contributed by atoms with Crippen LogP contribution in [-0.2, 0) is 18.4 Å². The van der Waals surface area contributed by atoms with Gasteiger partial charge in [0, 0.05) is 6.42 Å². The van der Waals surface area contributed by atoms with E-state index in [1.54, 1.807) is 6.08 Å². The summed E-state index contributed by atoms with van der Waals surface area (Å²) in [6.07, 6.45) is 39.3. The first-order chi connectivity index (χ1) is 24.5. The first-order valence-electron chi connectivity index (χ1n) is 21.2. The molecule has 1 amide bonds. The summed E-state index contributed by atoms with van der Waals surface area (Å²) < 4.78 is 23.1. The average molecular weight is 743 g/mol. The number of hydrogen-bond donors (Lipinski definition) is 2. The van der Waals surface area contributed by atoms with Gasteiger partial charge in [-0.3, -0.25) is 9.36 Å². The molecule has 0 bridgehead atoms. The normalized spacial score (nSPS) is 14.7. The van der Waals surface area contributed by atoms with E-state index in [9.17, 15) is 19.4 Å². The fourth-order valence-corrected chi connectivity index (χ4v) is 6.69. The quantitative estimate of drug-likeness (QED) is 0.0282. The molecule has 302 valence electrons. The lowest BCUT2D eigenvalue weighted by atomic mass is 10.0. The molecule has 0 aliphatic heterocycles. The summed E-state index contributed by atoms with van der Waals surface area (Å²) in [5.74, 6) is -0.208. The minimum atomic E-state index is -4.58. The lowest BCUT2D eigenvalue weighted by Gasteiger charge is -2.29. The maximum atomic E-state index is 12.8. The van der Waals surface area contributed by atoms with Crippen LogP contribution in [0, 0.1) is 0 Å². The summed E-state index contributed by atoms with van der Waals surface area (Å²) in [4.78, 5) is 25.2. The van der Waals surface area contributed by atoms with Gasteiger partial charge in [0.25, 0.3) is 7.82 Å². The van der Waals surface area contributed by atoms with E-state index >= 15 is 0 Å². The molecule has 0 spiro atoms. The number of nitrogens with one attached hydrogen (secondary N) is 1. The number of phosphoric ester groups is 1. The van der Waals surface area contributed by atoms with Crippen LogP contribution in [0.4, 0.5) is 0 Å². The fourth-order valence-electron chi connectivity index (χ4n) is 5.97. The van der Waals surface area contributed by atoms with Gasteiger partial charge in [-0.1, -0.05) is 160 Å². The molecule has 0 saturated carbocycles. The highest BCUT2D eigenvalue weighted by Crippen LogP contribution is 2.38. The molecule has 0 saturated heterocycles. The Labute approximate surface area is 315 Å². The first kappa shape index (κ1) is 50.0. The van der Waals surface area contributed by atoms with Crippen LogP contribution < -0.4 is 10.2 Å². The van der Waals surface area contributed by atoms with Gasteiger partial charge in [-0.25, -0.2) is 0 Å². The Morgan fingerprint density at radius 3 is 1.57 bits per heavy atom. The third-order valence-electron chi connectivity index (χ3n) is 9.41. The Morgan fingerprint density at radius 2 is 1.08 bits per heavy atom. The molecule has 3 atom stereocenters. The van der Waals surface area contributed by atoms with Gasteiger partial charge in [0.1, 0.15) is 13.2 Å². The summed E-state index contributed by atoms with van der Waals surface area (Å²) in [6, 6.07) is -0.886. The molecule has 8 nitrogen and oxygen atoms in total. The second-order valence-corrected chi connectivity index (χ2v) is 17.1. The molecule has 0 aromatic rings. The molecule has 0 rings (SSSR count). The largest absolute Gasteiger partial charge is 0.756 e. The number of carbonyl (C=O) groups excluding carboxylic acids is 1. The van der Waals surface area contributed by atoms with Crippen LogP contribution in [0.1, 0.15) is 187 Å². The van der Waals surface area contributed by atoms with Crippen LogP contribution in [0.3, 0.4) is 0 Å². The van der Waals surface area contributed by atoms with E-state index in [0.29, 0.717) is 17.4 Å². The highest BCUT2D eigenvalue weighted by atomic mass is 31.2. The lowest BCUT2D eigenvalue weighted by molar-refractivity contribution is -0.870. The molecular weight excluding hydrogens is 659 g/mol. The average Bonchev–Trinajstić information content (AvgIpc) is 3.07. The lowest BCUT2D eigenvalue weighted by Crippen LogP contribution is -2.45. The second-order valence-electron chi connectivity index (χ2n) is 15.7. The number of quaternary nitrogens is 1. The summed E-state index contributed by atoms with van der Waals surface area (Å²) in [5, 5.41) is 13.7. The number of likely N-dealkylation sites (N-methyl/N-ethyl adjacent to an activating group) is 1. The summed E-state index contributed by atoms with van der Waals surface area (Å²) >= 11 is 0. The predicted octanol–water partition coefficient (Wildman–Crippen LogP) is 10.7. The Morgan fingerprint density at radius 1 is 0.667 bits per heavy atom. The van der Waals surface area contributed by atoms with Crippen molar-refractivity contribution in [3.05, 3.63) is 24.3 Å². The molecule has 3 unspecified atom stereocenters. The van der Waals surface area contributed by atoms with Crippen molar-refractivity contribution in [2.24, 2.45) is 0 Å². The van der Waals surface area contributed by atoms with Crippen molar-refractivity contribution in [1.29, 1.82) is 0 Å². The Balaban J connectivity index is 4.46. The molecule has 0 aromatic heterocycles. The monoisotopic (exact) mass is 743 g/mol. The number of unbranched alkanes of at least 4 members (excludes halogenated alkanes) is 23. The van der Waals surface area contributed by atoms with E-state index < -0.39 is 20.0 Å². The number of aliphatic hydroxyl groups is 1. The fraction of sp³-hybridized carbons (Fsp3) is 0.881. The molecule has 51 heavy (non-hydrogen) atoms. The van der Waals surface area contributed by atoms with E-state index in [1.807, 2.05) is 27.2 Å². The van der Waals surface area contributed by atoms with Crippen LogP contribution in [0.15, 0.2) is 24.3 Å². The predicted molar refractivity (Wildman–Crippen MR) is 215 cm³/mol. The van der Waals surface area contributed by atoms with Gasteiger partial charge >= 0.3 is 0 Å². The third kappa shape index (κ3) is 37.1. The van der Waals surface area contributed by atoms with Gasteiger partial charge in [0.2, 0.25) is 5.91 Å². The highest BCUT2D eigenvalue weighted by molar-refractivity contribution is 7.45. The number of nitrogens with zero attached hydrogens (tertiary/aromatic N) is 1. The number of aliphatic hydroxyl groups excluding tert-OH is 1. The van der Waals surface area contributed by atoms with Gasteiger partial charge in [0.15, 0.2) is 0 Å². The molecule has 0 heterocycles. The molecule has 0 fully saturated rings. The number of rotatable bonds is 38. The van der Waals surface area contributed by atoms with E-state index in [4.69, 9.17) is 9.05 Å². The van der Waals surface area contributed by atoms with Crippen molar-refractivity contribution in [3.63, 3.8) is 0 Å². The zero-order valence-corrected chi connectivity index (χ0v) is 35.0. The van der Waals surface area contributed by atoms with Crippen LogP contribution in [0.25, 0.3) is 0 Å². The number of amides is 1. The van der Waals surface area contributed by atoms with E-state index in [2.05, 4.69) is 31.3 Å². The zero-order valence-electron chi connectivity index (χ0n) is 34.1. The maximum absolute atomic E-state index is 12.8. The van der Waals surface area contributed by atoms with Crippen molar-refractivity contribution in [3.8, 4) is 0 Å². The third-order valence-corrected chi connectivity index (χ3v) is 10.4. The van der Waals surface area contributed by atoms with Crippen molar-refractivity contribution < 1.29 is 32.9 Å². The summed E-state index contributed by atoms with van der Waals surface area (Å²) in [7, 11) is 1.26. The van der Waals surface area contributed by atoms with Crippen molar-refractivity contribution in [2.45, 2.75) is 199 Å². The highest BCUT2D eigenvalue weighted by Gasteiger charge is 2.23. The van der Waals surface area contributed by atoms with Crippen molar-refractivity contribution in [1.82, 2.24) is 5.32 Å². The van der Waals surface area contributed by atoms with Gasteiger partial charge < -0.3 is 28.8 Å². The molecule has 0 aromatic carbocycles. The summed E-state index contributed by atoms with van der Waals surface area (Å²) in [6.45, 7) is 4.61.